The van der Waals surface area contributed by atoms with Crippen molar-refractivity contribution in [3.8, 4) is 0 Å². The molecular formula is C8H6ClNO2. The van der Waals surface area contributed by atoms with Crippen LogP contribution in [0.2, 0.25) is 5.02 Å². The summed E-state index contributed by atoms with van der Waals surface area (Å²) in [5.74, 6) is 0. The molecule has 0 aliphatic heterocycles. The van der Waals surface area contributed by atoms with E-state index in [0.29, 0.717) is 10.6 Å². The van der Waals surface area contributed by atoms with Crippen molar-refractivity contribution in [3.63, 3.8) is 0 Å². The molecule has 0 fully saturated rings. The third-order valence-corrected chi connectivity index (χ3v) is 1.56. The number of halogens is 1. The summed E-state index contributed by atoms with van der Waals surface area (Å²) in [6.07, 6.45) is -0.0140. The molecule has 0 heterocycles. The number of carbonyl (C=O) groups is 1. The van der Waals surface area contributed by atoms with Gasteiger partial charge < -0.3 is 5.11 Å². The van der Waals surface area contributed by atoms with E-state index in [1.165, 1.54) is 6.21 Å². The summed E-state index contributed by atoms with van der Waals surface area (Å²) in [6.45, 7) is 0. The Bertz CT molecular complexity index is 323. The predicted octanol–water partition coefficient (Wildman–Crippen LogP) is 2.44. The molecule has 0 aliphatic rings. The minimum Gasteiger partial charge on any atom is -0.463 e. The number of nitrogens with zero attached hydrogens (tertiary/aromatic N) is 1. The molecule has 3 nitrogen and oxygen atoms in total. The Morgan fingerprint density at radius 3 is 2.75 bits per heavy atom. The van der Waals surface area contributed by atoms with Gasteiger partial charge >= 0.3 is 6.09 Å². The van der Waals surface area contributed by atoms with Gasteiger partial charge in [-0.3, -0.25) is 0 Å². The Balaban J connectivity index is 2.89. The van der Waals surface area contributed by atoms with Crippen LogP contribution in [-0.4, -0.2) is 17.4 Å². The highest BCUT2D eigenvalue weighted by molar-refractivity contribution is 6.33. The summed E-state index contributed by atoms with van der Waals surface area (Å²) >= 11 is 5.72. The van der Waals surface area contributed by atoms with Crippen LogP contribution in [0.1, 0.15) is 5.56 Å². The Labute approximate surface area is 74.3 Å². The van der Waals surface area contributed by atoms with Gasteiger partial charge in [0.15, 0.2) is 0 Å². The number of aliphatic imine (C=N–C) groups is 1. The van der Waals surface area contributed by atoms with E-state index in [1.807, 2.05) is 0 Å². The van der Waals surface area contributed by atoms with E-state index in [1.54, 1.807) is 24.3 Å². The Kier molecular flexibility index (Phi) is 2.82. The van der Waals surface area contributed by atoms with Gasteiger partial charge in [0.05, 0.1) is 0 Å². The smallest absolute Gasteiger partial charge is 0.431 e. The molecule has 62 valence electrons. The molecule has 1 aromatic rings. The van der Waals surface area contributed by atoms with E-state index in [2.05, 4.69) is 4.99 Å². The summed E-state index contributed by atoms with van der Waals surface area (Å²) in [7, 11) is 0. The second-order valence-electron chi connectivity index (χ2n) is 2.06. The zero-order valence-corrected chi connectivity index (χ0v) is 6.82. The van der Waals surface area contributed by atoms with Crippen molar-refractivity contribution in [2.24, 2.45) is 4.99 Å². The van der Waals surface area contributed by atoms with Crippen LogP contribution < -0.4 is 0 Å². The average molecular weight is 184 g/mol. The molecular weight excluding hydrogens is 178 g/mol. The number of amides is 1. The summed E-state index contributed by atoms with van der Waals surface area (Å²) < 4.78 is 0. The average Bonchev–Trinajstić information content (AvgIpc) is 2.03. The molecule has 0 radical (unpaired) electrons. The Hall–Kier alpha value is -1.35. The number of benzene rings is 1. The molecule has 1 N–H and O–H groups in total. The Morgan fingerprint density at radius 1 is 1.50 bits per heavy atom. The van der Waals surface area contributed by atoms with Crippen LogP contribution in [0.5, 0.6) is 0 Å². The number of carboxylic acid groups (broad SMARTS) is 1. The van der Waals surface area contributed by atoms with E-state index >= 15 is 0 Å². The maximum absolute atomic E-state index is 10.0. The first-order chi connectivity index (χ1) is 5.70. The molecule has 1 amide bonds. The van der Waals surface area contributed by atoms with Crippen molar-refractivity contribution >= 4 is 23.9 Å². The second kappa shape index (κ2) is 3.88. The maximum Gasteiger partial charge on any atom is 0.431 e. The highest BCUT2D eigenvalue weighted by Crippen LogP contribution is 2.12. The molecule has 0 spiro atoms. The van der Waals surface area contributed by atoms with Gasteiger partial charge in [-0.05, 0) is 6.07 Å². The monoisotopic (exact) mass is 183 g/mol. The summed E-state index contributed by atoms with van der Waals surface area (Å²) in [4.78, 5) is 13.2. The van der Waals surface area contributed by atoms with Crippen LogP contribution in [0.25, 0.3) is 0 Å². The lowest BCUT2D eigenvalue weighted by atomic mass is 10.2. The van der Waals surface area contributed by atoms with Gasteiger partial charge in [0.2, 0.25) is 0 Å². The zero-order valence-electron chi connectivity index (χ0n) is 6.07. The molecule has 4 heteroatoms. The van der Waals surface area contributed by atoms with Crippen LogP contribution in [0, 0.1) is 0 Å². The second-order valence-corrected chi connectivity index (χ2v) is 2.47. The quantitative estimate of drug-likeness (QED) is 0.680. The largest absolute Gasteiger partial charge is 0.463 e. The fourth-order valence-electron chi connectivity index (χ4n) is 0.705. The highest BCUT2D eigenvalue weighted by Gasteiger charge is 1.94. The molecule has 12 heavy (non-hydrogen) atoms. The van der Waals surface area contributed by atoms with Gasteiger partial charge in [0.1, 0.15) is 0 Å². The van der Waals surface area contributed by atoms with Gasteiger partial charge in [-0.2, -0.15) is 4.99 Å². The third kappa shape index (κ3) is 2.36. The molecule has 0 aromatic heterocycles. The summed E-state index contributed by atoms with van der Waals surface area (Å²) in [5.41, 5.74) is 0.599. The lowest BCUT2D eigenvalue weighted by molar-refractivity contribution is 0.206. The van der Waals surface area contributed by atoms with E-state index in [4.69, 9.17) is 16.7 Å². The zero-order chi connectivity index (χ0) is 8.97. The fraction of sp³-hybridized carbons (Fsp3) is 0. The highest BCUT2D eigenvalue weighted by atomic mass is 35.5. The van der Waals surface area contributed by atoms with Crippen molar-refractivity contribution < 1.29 is 9.90 Å². The third-order valence-electron chi connectivity index (χ3n) is 1.22. The minimum atomic E-state index is -1.23. The molecule has 0 bridgehead atoms. The SMILES string of the molecule is O=C(O)N=Cc1ccccc1Cl. The van der Waals surface area contributed by atoms with Crippen molar-refractivity contribution in [3.05, 3.63) is 34.9 Å². The molecule has 0 unspecified atom stereocenters. The minimum absolute atomic E-state index is 0.488. The molecule has 0 saturated carbocycles. The fourth-order valence-corrected chi connectivity index (χ4v) is 0.889. The van der Waals surface area contributed by atoms with Crippen molar-refractivity contribution in [1.82, 2.24) is 0 Å². The number of hydrogen-bond acceptors (Lipinski definition) is 1. The van der Waals surface area contributed by atoms with E-state index in [0.717, 1.165) is 0 Å². The first kappa shape index (κ1) is 8.74. The van der Waals surface area contributed by atoms with Gasteiger partial charge in [-0.25, -0.2) is 4.79 Å². The van der Waals surface area contributed by atoms with Crippen LogP contribution >= 0.6 is 11.6 Å². The van der Waals surface area contributed by atoms with Gasteiger partial charge in [0, 0.05) is 16.8 Å². The summed E-state index contributed by atoms with van der Waals surface area (Å²) in [6, 6.07) is 6.88. The maximum atomic E-state index is 10.0. The van der Waals surface area contributed by atoms with Gasteiger partial charge in [-0.15, -0.1) is 0 Å². The molecule has 0 saturated heterocycles. The number of hydrogen-bond donors (Lipinski definition) is 1. The lowest BCUT2D eigenvalue weighted by Crippen LogP contribution is -1.88. The first-order valence-electron chi connectivity index (χ1n) is 3.21. The van der Waals surface area contributed by atoms with E-state index in [9.17, 15) is 4.79 Å². The van der Waals surface area contributed by atoms with Crippen LogP contribution in [0.15, 0.2) is 29.3 Å². The standard InChI is InChI=1S/C8H6ClNO2/c9-7-4-2-1-3-6(7)5-10-8(11)12/h1-5H,(H,11,12). The van der Waals surface area contributed by atoms with E-state index < -0.39 is 6.09 Å². The summed E-state index contributed by atoms with van der Waals surface area (Å²) in [5, 5.41) is 8.71. The lowest BCUT2D eigenvalue weighted by Gasteiger charge is -1.93. The molecule has 0 atom stereocenters. The van der Waals surface area contributed by atoms with Crippen molar-refractivity contribution in [1.29, 1.82) is 0 Å². The first-order valence-corrected chi connectivity index (χ1v) is 3.59. The van der Waals surface area contributed by atoms with Gasteiger partial charge in [-0.1, -0.05) is 29.8 Å². The number of rotatable bonds is 1. The topological polar surface area (TPSA) is 49.7 Å². The normalized spacial score (nSPS) is 10.4. The predicted molar refractivity (Wildman–Crippen MR) is 47.1 cm³/mol. The van der Waals surface area contributed by atoms with Gasteiger partial charge in [0.25, 0.3) is 0 Å². The molecule has 1 rings (SSSR count). The van der Waals surface area contributed by atoms with Crippen LogP contribution in [0.4, 0.5) is 4.79 Å². The molecule has 1 aromatic carbocycles. The molecule has 0 aliphatic carbocycles. The van der Waals surface area contributed by atoms with E-state index in [-0.39, 0.29) is 0 Å². The van der Waals surface area contributed by atoms with Crippen molar-refractivity contribution in [2.45, 2.75) is 0 Å². The Morgan fingerprint density at radius 2 is 2.17 bits per heavy atom. The van der Waals surface area contributed by atoms with Crippen molar-refractivity contribution in [2.75, 3.05) is 0 Å². The van der Waals surface area contributed by atoms with Crippen LogP contribution in [-0.2, 0) is 0 Å². The van der Waals surface area contributed by atoms with Crippen LogP contribution in [0.3, 0.4) is 0 Å².